The molecule has 38 heavy (non-hydrogen) atoms. The van der Waals surface area contributed by atoms with Gasteiger partial charge in [-0.05, 0) is 104 Å². The number of nitrogens with zero attached hydrogens (tertiary/aromatic N) is 3. The topological polar surface area (TPSA) is 48.5 Å². The van der Waals surface area contributed by atoms with Crippen LogP contribution in [0.15, 0.2) is 48.7 Å². The average Bonchev–Trinajstić information content (AvgIpc) is 3.18. The first-order chi connectivity index (χ1) is 18.3. The molecule has 202 valence electrons. The van der Waals surface area contributed by atoms with Crippen molar-refractivity contribution in [1.82, 2.24) is 9.88 Å². The number of carbonyl (C=O) groups is 1. The molecule has 1 aliphatic heterocycles. The summed E-state index contributed by atoms with van der Waals surface area (Å²) < 4.78 is 14.6. The molecule has 1 amide bonds. The number of allylic oxidation sites excluding steroid dienone is 1. The molecular formula is C32H41FN4O. The lowest BCUT2D eigenvalue weighted by Crippen LogP contribution is -2.44. The van der Waals surface area contributed by atoms with Crippen LogP contribution in [0.5, 0.6) is 0 Å². The number of hydrogen-bond acceptors (Lipinski definition) is 4. The van der Waals surface area contributed by atoms with Gasteiger partial charge < -0.3 is 15.1 Å². The lowest BCUT2D eigenvalue weighted by Gasteiger charge is -2.51. The van der Waals surface area contributed by atoms with Crippen molar-refractivity contribution in [3.8, 4) is 0 Å². The third-order valence-corrected chi connectivity index (χ3v) is 10.4. The molecule has 5 atom stereocenters. The van der Waals surface area contributed by atoms with Crippen molar-refractivity contribution in [2.45, 2.75) is 57.8 Å². The van der Waals surface area contributed by atoms with Gasteiger partial charge in [-0.25, -0.2) is 9.37 Å². The van der Waals surface area contributed by atoms with E-state index in [1.165, 1.54) is 11.1 Å². The van der Waals surface area contributed by atoms with E-state index < -0.39 is 0 Å². The predicted octanol–water partition coefficient (Wildman–Crippen LogP) is 6.03. The number of piperazine rings is 1. The molecular weight excluding hydrogens is 475 g/mol. The Morgan fingerprint density at radius 3 is 2.76 bits per heavy atom. The standard InChI is InChI=1S/C32H41FN4O/c1-21-19-22(7-12-30(38)35-29-11-8-23(20-34-29)37-17-15-36(3)16-18-37)31-27-10-9-26-24(5-4-6-28(26)33)25(27)13-14-32(21,31)2/h4-6,8,11,20,22,25,27,31H,1,7,9-10,12-19H2,2-3H3,(H,34,35,38)/t22-,25?,27?,31?,32-/m1/s1. The molecule has 1 aromatic carbocycles. The number of benzene rings is 1. The maximum absolute atomic E-state index is 14.6. The predicted molar refractivity (Wildman–Crippen MR) is 151 cm³/mol. The monoisotopic (exact) mass is 516 g/mol. The molecule has 0 radical (unpaired) electrons. The SMILES string of the molecule is C=C1C[C@@H](CCC(=O)Nc2ccc(N3CCN(C)CC3)cn2)C2C3CCc4c(F)cccc4C3CC[C@]12C. The van der Waals surface area contributed by atoms with Gasteiger partial charge in [-0.1, -0.05) is 31.2 Å². The number of anilines is 2. The zero-order valence-corrected chi connectivity index (χ0v) is 22.9. The molecule has 1 N–H and O–H groups in total. The van der Waals surface area contributed by atoms with Gasteiger partial charge in [0.15, 0.2) is 0 Å². The summed E-state index contributed by atoms with van der Waals surface area (Å²) in [5.41, 5.74) is 4.78. The Balaban J connectivity index is 1.10. The summed E-state index contributed by atoms with van der Waals surface area (Å²) in [6.45, 7) is 11.0. The number of amides is 1. The van der Waals surface area contributed by atoms with Crippen molar-refractivity contribution in [2.24, 2.45) is 23.2 Å². The summed E-state index contributed by atoms with van der Waals surface area (Å²) in [6.07, 6.45) is 8.32. The third kappa shape index (κ3) is 4.55. The first kappa shape index (κ1) is 25.5. The van der Waals surface area contributed by atoms with Gasteiger partial charge in [0.1, 0.15) is 11.6 Å². The molecule has 2 heterocycles. The number of rotatable bonds is 5. The number of likely N-dealkylation sites (N-methyl/N-ethyl adjacent to an activating group) is 1. The van der Waals surface area contributed by atoms with Crippen LogP contribution in [-0.4, -0.2) is 49.0 Å². The van der Waals surface area contributed by atoms with Crippen molar-refractivity contribution < 1.29 is 9.18 Å². The van der Waals surface area contributed by atoms with Crippen LogP contribution in [0.3, 0.4) is 0 Å². The van der Waals surface area contributed by atoms with Crippen molar-refractivity contribution in [1.29, 1.82) is 0 Å². The number of pyridine rings is 1. The highest BCUT2D eigenvalue weighted by atomic mass is 19.1. The maximum atomic E-state index is 14.6. The maximum Gasteiger partial charge on any atom is 0.225 e. The van der Waals surface area contributed by atoms with E-state index in [1.807, 2.05) is 18.3 Å². The lowest BCUT2D eigenvalue weighted by atomic mass is 9.53. The molecule has 2 aromatic rings. The second-order valence-electron chi connectivity index (χ2n) is 12.4. The Morgan fingerprint density at radius 1 is 1.18 bits per heavy atom. The summed E-state index contributed by atoms with van der Waals surface area (Å²) >= 11 is 0. The first-order valence-electron chi connectivity index (χ1n) is 14.5. The average molecular weight is 517 g/mol. The van der Waals surface area contributed by atoms with Crippen LogP contribution in [0.25, 0.3) is 0 Å². The van der Waals surface area contributed by atoms with Gasteiger partial charge >= 0.3 is 0 Å². The highest BCUT2D eigenvalue weighted by Crippen LogP contribution is 2.65. The number of fused-ring (bicyclic) bond motifs is 5. The van der Waals surface area contributed by atoms with Crippen LogP contribution >= 0.6 is 0 Å². The van der Waals surface area contributed by atoms with Crippen LogP contribution in [0, 0.1) is 29.0 Å². The normalized spacial score (nSPS) is 30.9. The smallest absolute Gasteiger partial charge is 0.225 e. The van der Waals surface area contributed by atoms with Gasteiger partial charge in [-0.2, -0.15) is 0 Å². The Hall–Kier alpha value is -2.73. The number of hydrogen-bond donors (Lipinski definition) is 1. The van der Waals surface area contributed by atoms with Crippen LogP contribution in [0.4, 0.5) is 15.9 Å². The molecule has 6 heteroatoms. The van der Waals surface area contributed by atoms with E-state index in [2.05, 4.69) is 52.8 Å². The van der Waals surface area contributed by atoms with E-state index in [1.54, 1.807) is 6.07 Å². The molecule has 4 aliphatic rings. The highest BCUT2D eigenvalue weighted by molar-refractivity contribution is 5.89. The van der Waals surface area contributed by atoms with Crippen LogP contribution < -0.4 is 10.2 Å². The van der Waals surface area contributed by atoms with Crippen molar-refractivity contribution in [3.63, 3.8) is 0 Å². The second kappa shape index (κ2) is 10.1. The number of aromatic nitrogens is 1. The Bertz CT molecular complexity index is 1200. The molecule has 0 bridgehead atoms. The first-order valence-corrected chi connectivity index (χ1v) is 14.5. The van der Waals surface area contributed by atoms with Gasteiger partial charge in [0.25, 0.3) is 0 Å². The van der Waals surface area contributed by atoms with Gasteiger partial charge in [0.2, 0.25) is 5.91 Å². The minimum absolute atomic E-state index is 0.0347. The summed E-state index contributed by atoms with van der Waals surface area (Å²) in [5, 5.41) is 3.03. The number of nitrogens with one attached hydrogen (secondary N) is 1. The Kier molecular flexibility index (Phi) is 6.79. The van der Waals surface area contributed by atoms with E-state index >= 15 is 0 Å². The molecule has 1 saturated heterocycles. The summed E-state index contributed by atoms with van der Waals surface area (Å²) in [4.78, 5) is 22.2. The van der Waals surface area contributed by atoms with Gasteiger partial charge in [-0.15, -0.1) is 0 Å². The minimum atomic E-state index is -0.0384. The molecule has 3 fully saturated rings. The zero-order chi connectivity index (χ0) is 26.4. The zero-order valence-electron chi connectivity index (χ0n) is 22.9. The fourth-order valence-corrected chi connectivity index (χ4v) is 8.30. The van der Waals surface area contributed by atoms with E-state index in [-0.39, 0.29) is 17.1 Å². The van der Waals surface area contributed by atoms with Crippen LogP contribution in [-0.2, 0) is 11.2 Å². The Morgan fingerprint density at radius 2 is 2.00 bits per heavy atom. The largest absolute Gasteiger partial charge is 0.368 e. The molecule has 3 aliphatic carbocycles. The van der Waals surface area contributed by atoms with E-state index in [0.717, 1.165) is 76.0 Å². The van der Waals surface area contributed by atoms with E-state index in [0.29, 0.717) is 35.9 Å². The second-order valence-corrected chi connectivity index (χ2v) is 12.4. The molecule has 5 nitrogen and oxygen atoms in total. The fraction of sp³-hybridized carbons (Fsp3) is 0.562. The molecule has 6 rings (SSSR count). The van der Waals surface area contributed by atoms with Crippen molar-refractivity contribution >= 4 is 17.4 Å². The summed E-state index contributed by atoms with van der Waals surface area (Å²) in [7, 11) is 2.15. The summed E-state index contributed by atoms with van der Waals surface area (Å²) in [5.74, 6) is 2.55. The summed E-state index contributed by atoms with van der Waals surface area (Å²) in [6, 6.07) is 9.63. The third-order valence-electron chi connectivity index (χ3n) is 10.4. The molecule has 2 saturated carbocycles. The molecule has 1 aromatic heterocycles. The fourth-order valence-electron chi connectivity index (χ4n) is 8.30. The highest BCUT2D eigenvalue weighted by Gasteiger charge is 2.55. The van der Waals surface area contributed by atoms with Gasteiger partial charge in [0.05, 0.1) is 11.9 Å². The van der Waals surface area contributed by atoms with Crippen LogP contribution in [0.2, 0.25) is 0 Å². The van der Waals surface area contributed by atoms with Crippen molar-refractivity contribution in [3.05, 3.63) is 65.6 Å². The van der Waals surface area contributed by atoms with E-state index in [4.69, 9.17) is 0 Å². The number of carbonyl (C=O) groups excluding carboxylic acids is 1. The molecule has 0 spiro atoms. The van der Waals surface area contributed by atoms with E-state index in [9.17, 15) is 9.18 Å². The Labute approximate surface area is 226 Å². The quantitative estimate of drug-likeness (QED) is 0.493. The van der Waals surface area contributed by atoms with Gasteiger partial charge in [0, 0.05) is 32.6 Å². The number of halogens is 1. The van der Waals surface area contributed by atoms with Gasteiger partial charge in [-0.3, -0.25) is 4.79 Å². The van der Waals surface area contributed by atoms with Crippen LogP contribution in [0.1, 0.15) is 62.5 Å². The minimum Gasteiger partial charge on any atom is -0.368 e. The van der Waals surface area contributed by atoms with Crippen molar-refractivity contribution in [2.75, 3.05) is 43.4 Å². The molecule has 3 unspecified atom stereocenters. The lowest BCUT2D eigenvalue weighted by molar-refractivity contribution is -0.116.